The maximum atomic E-state index is 12.4. The van der Waals surface area contributed by atoms with Crippen LogP contribution in [0.4, 0.5) is 10.5 Å². The number of nitrogens with one attached hydrogen (secondary N) is 1. The Labute approximate surface area is 126 Å². The lowest BCUT2D eigenvalue weighted by atomic mass is 10.1. The van der Waals surface area contributed by atoms with Gasteiger partial charge in [-0.1, -0.05) is 6.92 Å². The summed E-state index contributed by atoms with van der Waals surface area (Å²) < 4.78 is 5.74. The van der Waals surface area contributed by atoms with E-state index in [0.717, 1.165) is 43.8 Å². The third kappa shape index (κ3) is 5.01. The van der Waals surface area contributed by atoms with Crippen molar-refractivity contribution in [3.8, 4) is 0 Å². The van der Waals surface area contributed by atoms with Crippen molar-refractivity contribution < 1.29 is 9.53 Å². The van der Waals surface area contributed by atoms with Crippen molar-refractivity contribution in [3.63, 3.8) is 0 Å². The highest BCUT2D eigenvalue weighted by Crippen LogP contribution is 2.15. The SMILES string of the molecule is CCCN(C[C@@H]1CCCCO1)C(=O)Nc1ccnc(C)c1. The van der Waals surface area contributed by atoms with Crippen LogP contribution in [0.15, 0.2) is 18.3 Å². The summed E-state index contributed by atoms with van der Waals surface area (Å²) in [5.41, 5.74) is 1.68. The second kappa shape index (κ2) is 7.98. The lowest BCUT2D eigenvalue weighted by Crippen LogP contribution is -2.42. The first-order valence-corrected chi connectivity index (χ1v) is 7.79. The van der Waals surface area contributed by atoms with Crippen LogP contribution in [0.3, 0.4) is 0 Å². The molecule has 1 aliphatic rings. The van der Waals surface area contributed by atoms with Crippen molar-refractivity contribution in [2.45, 2.75) is 45.6 Å². The van der Waals surface area contributed by atoms with Crippen molar-refractivity contribution in [1.29, 1.82) is 0 Å². The topological polar surface area (TPSA) is 54.5 Å². The summed E-state index contributed by atoms with van der Waals surface area (Å²) >= 11 is 0. The molecule has 1 N–H and O–H groups in total. The molecular formula is C16H25N3O2. The van der Waals surface area contributed by atoms with Gasteiger partial charge in [0.1, 0.15) is 0 Å². The van der Waals surface area contributed by atoms with E-state index in [4.69, 9.17) is 4.74 Å². The van der Waals surface area contributed by atoms with Crippen LogP contribution in [0.25, 0.3) is 0 Å². The standard InChI is InChI=1S/C16H25N3O2/c1-3-9-19(12-15-6-4-5-10-21-15)16(20)18-14-7-8-17-13(2)11-14/h7-8,11,15H,3-6,9-10,12H2,1-2H3,(H,17,18,20)/t15-/m0/s1. The Balaban J connectivity index is 1.94. The molecule has 0 unspecified atom stereocenters. The number of aryl methyl sites for hydroxylation is 1. The summed E-state index contributed by atoms with van der Waals surface area (Å²) in [7, 11) is 0. The number of nitrogens with zero attached hydrogens (tertiary/aromatic N) is 2. The molecule has 1 atom stereocenters. The number of anilines is 1. The summed E-state index contributed by atoms with van der Waals surface area (Å²) in [4.78, 5) is 18.4. The molecule has 5 nitrogen and oxygen atoms in total. The third-order valence-electron chi connectivity index (χ3n) is 3.63. The molecule has 1 saturated heterocycles. The molecule has 0 spiro atoms. The molecule has 116 valence electrons. The van der Waals surface area contributed by atoms with Crippen LogP contribution in [0.5, 0.6) is 0 Å². The molecule has 0 bridgehead atoms. The minimum Gasteiger partial charge on any atom is -0.376 e. The zero-order valence-electron chi connectivity index (χ0n) is 13.0. The summed E-state index contributed by atoms with van der Waals surface area (Å²) in [6.45, 7) is 6.23. The first-order chi connectivity index (χ1) is 10.2. The molecule has 1 aromatic rings. The van der Waals surface area contributed by atoms with Crippen LogP contribution in [-0.4, -0.2) is 41.7 Å². The van der Waals surface area contributed by atoms with E-state index in [9.17, 15) is 4.79 Å². The number of aromatic nitrogens is 1. The smallest absolute Gasteiger partial charge is 0.321 e. The number of carbonyl (C=O) groups is 1. The molecule has 2 amide bonds. The van der Waals surface area contributed by atoms with Gasteiger partial charge in [0.25, 0.3) is 0 Å². The lowest BCUT2D eigenvalue weighted by molar-refractivity contribution is 0.00162. The van der Waals surface area contributed by atoms with Crippen LogP contribution >= 0.6 is 0 Å². The lowest BCUT2D eigenvalue weighted by Gasteiger charge is -2.30. The van der Waals surface area contributed by atoms with E-state index >= 15 is 0 Å². The van der Waals surface area contributed by atoms with Crippen LogP contribution in [0.2, 0.25) is 0 Å². The fraction of sp³-hybridized carbons (Fsp3) is 0.625. The molecule has 0 saturated carbocycles. The van der Waals surface area contributed by atoms with Gasteiger partial charge in [0.15, 0.2) is 0 Å². The van der Waals surface area contributed by atoms with Gasteiger partial charge in [-0.25, -0.2) is 4.79 Å². The molecule has 2 rings (SSSR count). The zero-order valence-corrected chi connectivity index (χ0v) is 13.0. The van der Waals surface area contributed by atoms with Crippen molar-refractivity contribution in [3.05, 3.63) is 24.0 Å². The fourth-order valence-electron chi connectivity index (χ4n) is 2.57. The normalized spacial score (nSPS) is 18.3. The van der Waals surface area contributed by atoms with Gasteiger partial charge in [-0.2, -0.15) is 0 Å². The van der Waals surface area contributed by atoms with E-state index in [0.29, 0.717) is 6.54 Å². The van der Waals surface area contributed by atoms with Crippen molar-refractivity contribution >= 4 is 11.7 Å². The first-order valence-electron chi connectivity index (χ1n) is 7.79. The van der Waals surface area contributed by atoms with Crippen LogP contribution in [-0.2, 0) is 4.74 Å². The summed E-state index contributed by atoms with van der Waals surface area (Å²) in [5, 5.41) is 2.95. The summed E-state index contributed by atoms with van der Waals surface area (Å²) in [6.07, 6.45) is 6.19. The van der Waals surface area contributed by atoms with Gasteiger partial charge >= 0.3 is 6.03 Å². The largest absolute Gasteiger partial charge is 0.376 e. The number of amides is 2. The highest BCUT2D eigenvalue weighted by Gasteiger charge is 2.21. The zero-order chi connectivity index (χ0) is 15.1. The van der Waals surface area contributed by atoms with Gasteiger partial charge in [0.05, 0.1) is 6.10 Å². The van der Waals surface area contributed by atoms with Crippen molar-refractivity contribution in [1.82, 2.24) is 9.88 Å². The van der Waals surface area contributed by atoms with E-state index < -0.39 is 0 Å². The minimum atomic E-state index is -0.0587. The van der Waals surface area contributed by atoms with Gasteiger partial charge in [0.2, 0.25) is 0 Å². The number of pyridine rings is 1. The number of hydrogen-bond acceptors (Lipinski definition) is 3. The quantitative estimate of drug-likeness (QED) is 0.906. The Kier molecular flexibility index (Phi) is 5.99. The van der Waals surface area contributed by atoms with Crippen LogP contribution < -0.4 is 5.32 Å². The maximum Gasteiger partial charge on any atom is 0.321 e. The van der Waals surface area contributed by atoms with E-state index in [2.05, 4.69) is 17.2 Å². The van der Waals surface area contributed by atoms with Gasteiger partial charge < -0.3 is 15.0 Å². The summed E-state index contributed by atoms with van der Waals surface area (Å²) in [6, 6.07) is 3.63. The average molecular weight is 291 g/mol. The van der Waals surface area contributed by atoms with E-state index in [1.165, 1.54) is 6.42 Å². The second-order valence-corrected chi connectivity index (χ2v) is 5.55. The Morgan fingerprint density at radius 1 is 1.52 bits per heavy atom. The summed E-state index contributed by atoms with van der Waals surface area (Å²) in [5.74, 6) is 0. The van der Waals surface area contributed by atoms with Gasteiger partial charge in [0, 0.05) is 37.3 Å². The Morgan fingerprint density at radius 2 is 2.38 bits per heavy atom. The third-order valence-corrected chi connectivity index (χ3v) is 3.63. The predicted molar refractivity (Wildman–Crippen MR) is 83.4 cm³/mol. The van der Waals surface area contributed by atoms with Crippen LogP contribution in [0.1, 0.15) is 38.3 Å². The molecule has 0 radical (unpaired) electrons. The van der Waals surface area contributed by atoms with Crippen LogP contribution in [0, 0.1) is 6.92 Å². The fourth-order valence-corrected chi connectivity index (χ4v) is 2.57. The van der Waals surface area contributed by atoms with Gasteiger partial charge in [-0.3, -0.25) is 4.98 Å². The first kappa shape index (κ1) is 15.8. The van der Waals surface area contributed by atoms with E-state index in [-0.39, 0.29) is 12.1 Å². The number of urea groups is 1. The molecular weight excluding hydrogens is 266 g/mol. The number of carbonyl (C=O) groups excluding carboxylic acids is 1. The molecule has 1 aliphatic heterocycles. The maximum absolute atomic E-state index is 12.4. The number of ether oxygens (including phenoxy) is 1. The molecule has 0 aromatic carbocycles. The molecule has 21 heavy (non-hydrogen) atoms. The highest BCUT2D eigenvalue weighted by atomic mass is 16.5. The van der Waals surface area contributed by atoms with Crippen molar-refractivity contribution in [2.75, 3.05) is 25.0 Å². The Hall–Kier alpha value is -1.62. The molecule has 1 fully saturated rings. The number of rotatable bonds is 5. The Bertz CT molecular complexity index is 459. The van der Waals surface area contributed by atoms with E-state index in [1.807, 2.05) is 24.0 Å². The molecule has 5 heteroatoms. The average Bonchev–Trinajstić information content (AvgIpc) is 2.48. The second-order valence-electron chi connectivity index (χ2n) is 5.55. The van der Waals surface area contributed by atoms with Gasteiger partial charge in [-0.05, 0) is 44.7 Å². The molecule has 0 aliphatic carbocycles. The monoisotopic (exact) mass is 291 g/mol. The van der Waals surface area contributed by atoms with Crippen molar-refractivity contribution in [2.24, 2.45) is 0 Å². The predicted octanol–water partition coefficient (Wildman–Crippen LogP) is 3.20. The highest BCUT2D eigenvalue weighted by molar-refractivity contribution is 5.89. The minimum absolute atomic E-state index is 0.0587. The molecule has 2 heterocycles. The number of hydrogen-bond donors (Lipinski definition) is 1. The van der Waals surface area contributed by atoms with Gasteiger partial charge in [-0.15, -0.1) is 0 Å². The molecule has 1 aromatic heterocycles. The Morgan fingerprint density at radius 3 is 3.05 bits per heavy atom. The van der Waals surface area contributed by atoms with E-state index in [1.54, 1.807) is 6.20 Å².